The van der Waals surface area contributed by atoms with Gasteiger partial charge in [0.15, 0.2) is 5.82 Å². The number of amides is 1. The Balaban J connectivity index is 1.94. The van der Waals surface area contributed by atoms with Crippen LogP contribution in [0.2, 0.25) is 10.0 Å². The van der Waals surface area contributed by atoms with Gasteiger partial charge in [0, 0.05) is 17.3 Å². The minimum Gasteiger partial charge on any atom is -0.397 e. The van der Waals surface area contributed by atoms with Gasteiger partial charge in [-0.3, -0.25) is 9.78 Å². The zero-order valence-electron chi connectivity index (χ0n) is 10.1. The minimum absolute atomic E-state index is 0.189. The molecule has 2 heterocycles. The van der Waals surface area contributed by atoms with Gasteiger partial charge in [-0.15, -0.1) is 11.8 Å². The standard InChI is InChI=1S/C12H10Cl2N4OS/c13-7-3-8(14)12(17-4-7)18-11(19)6-20-10-1-2-16-5-9(10)15/h1-5H,6,15H2,(H,17,18,19). The van der Waals surface area contributed by atoms with Crippen LogP contribution in [0, 0.1) is 0 Å². The molecule has 3 N–H and O–H groups in total. The Labute approximate surface area is 129 Å². The number of hydrogen-bond donors (Lipinski definition) is 2. The Morgan fingerprint density at radius 3 is 2.90 bits per heavy atom. The van der Waals surface area contributed by atoms with Gasteiger partial charge in [0.25, 0.3) is 0 Å². The number of nitrogen functional groups attached to an aromatic ring is 1. The lowest BCUT2D eigenvalue weighted by atomic mass is 10.4. The van der Waals surface area contributed by atoms with E-state index in [1.807, 2.05) is 0 Å². The summed E-state index contributed by atoms with van der Waals surface area (Å²) < 4.78 is 0. The van der Waals surface area contributed by atoms with Crippen molar-refractivity contribution in [3.63, 3.8) is 0 Å². The van der Waals surface area contributed by atoms with Crippen molar-refractivity contribution in [2.75, 3.05) is 16.8 Å². The van der Waals surface area contributed by atoms with Crippen LogP contribution < -0.4 is 11.1 Å². The van der Waals surface area contributed by atoms with Crippen molar-refractivity contribution < 1.29 is 4.79 Å². The number of pyridine rings is 2. The van der Waals surface area contributed by atoms with Crippen molar-refractivity contribution in [2.45, 2.75) is 4.90 Å². The van der Waals surface area contributed by atoms with Gasteiger partial charge in [-0.2, -0.15) is 0 Å². The fourth-order valence-electron chi connectivity index (χ4n) is 1.34. The summed E-state index contributed by atoms with van der Waals surface area (Å²) in [6.07, 6.45) is 4.57. The first kappa shape index (κ1) is 14.9. The molecule has 0 bridgehead atoms. The van der Waals surface area contributed by atoms with E-state index in [0.29, 0.717) is 15.7 Å². The first-order chi connectivity index (χ1) is 9.56. The zero-order chi connectivity index (χ0) is 14.5. The summed E-state index contributed by atoms with van der Waals surface area (Å²) in [7, 11) is 0. The fourth-order valence-corrected chi connectivity index (χ4v) is 2.51. The predicted octanol–water partition coefficient (Wildman–Crippen LogP) is 3.10. The van der Waals surface area contributed by atoms with Crippen LogP contribution in [0.15, 0.2) is 35.6 Å². The van der Waals surface area contributed by atoms with Gasteiger partial charge >= 0.3 is 0 Å². The third-order valence-electron chi connectivity index (χ3n) is 2.23. The molecule has 0 aromatic carbocycles. The molecule has 20 heavy (non-hydrogen) atoms. The van der Waals surface area contributed by atoms with Gasteiger partial charge in [-0.25, -0.2) is 4.98 Å². The second kappa shape index (κ2) is 6.78. The van der Waals surface area contributed by atoms with E-state index in [-0.39, 0.29) is 17.5 Å². The van der Waals surface area contributed by atoms with Crippen LogP contribution in [-0.4, -0.2) is 21.6 Å². The van der Waals surface area contributed by atoms with Crippen LogP contribution in [0.1, 0.15) is 0 Å². The number of aromatic nitrogens is 2. The summed E-state index contributed by atoms with van der Waals surface area (Å²) in [5, 5.41) is 3.31. The molecule has 2 rings (SSSR count). The highest BCUT2D eigenvalue weighted by molar-refractivity contribution is 8.00. The van der Waals surface area contributed by atoms with Crippen LogP contribution in [-0.2, 0) is 4.79 Å². The quantitative estimate of drug-likeness (QED) is 0.843. The smallest absolute Gasteiger partial charge is 0.235 e. The Bertz CT molecular complexity index is 639. The van der Waals surface area contributed by atoms with E-state index >= 15 is 0 Å². The van der Waals surface area contributed by atoms with Crippen molar-refractivity contribution in [1.82, 2.24) is 9.97 Å². The summed E-state index contributed by atoms with van der Waals surface area (Å²) in [6, 6.07) is 3.26. The second-order valence-electron chi connectivity index (χ2n) is 3.73. The molecule has 2 aromatic heterocycles. The molecule has 0 saturated heterocycles. The molecule has 104 valence electrons. The van der Waals surface area contributed by atoms with Crippen LogP contribution >= 0.6 is 35.0 Å². The summed E-state index contributed by atoms with van der Waals surface area (Å²) >= 11 is 13.0. The van der Waals surface area contributed by atoms with E-state index in [0.717, 1.165) is 4.90 Å². The maximum Gasteiger partial charge on any atom is 0.235 e. The van der Waals surface area contributed by atoms with Gasteiger partial charge in [0.05, 0.1) is 27.7 Å². The van der Waals surface area contributed by atoms with Gasteiger partial charge in [-0.05, 0) is 12.1 Å². The van der Waals surface area contributed by atoms with Crippen LogP contribution in [0.4, 0.5) is 11.5 Å². The average Bonchev–Trinajstić information content (AvgIpc) is 2.41. The molecule has 0 fully saturated rings. The molecule has 2 aromatic rings. The third-order valence-corrected chi connectivity index (χ3v) is 3.82. The first-order valence-corrected chi connectivity index (χ1v) is 7.23. The first-order valence-electron chi connectivity index (χ1n) is 5.49. The average molecular weight is 329 g/mol. The van der Waals surface area contributed by atoms with Gasteiger partial charge in [0.1, 0.15) is 0 Å². The topological polar surface area (TPSA) is 80.9 Å². The lowest BCUT2D eigenvalue weighted by Crippen LogP contribution is -2.15. The van der Waals surface area contributed by atoms with Gasteiger partial charge in [0.2, 0.25) is 5.91 Å². The maximum atomic E-state index is 11.8. The van der Waals surface area contributed by atoms with Crippen molar-refractivity contribution in [1.29, 1.82) is 0 Å². The molecular formula is C12H10Cl2N4OS. The molecule has 8 heteroatoms. The summed E-state index contributed by atoms with van der Waals surface area (Å²) in [6.45, 7) is 0. The summed E-state index contributed by atoms with van der Waals surface area (Å²) in [5.41, 5.74) is 6.27. The van der Waals surface area contributed by atoms with E-state index in [4.69, 9.17) is 28.9 Å². The third kappa shape index (κ3) is 4.00. The summed E-state index contributed by atoms with van der Waals surface area (Å²) in [5.74, 6) is 0.238. The van der Waals surface area contributed by atoms with Crippen LogP contribution in [0.5, 0.6) is 0 Å². The number of thioether (sulfide) groups is 1. The van der Waals surface area contributed by atoms with E-state index in [1.54, 1.807) is 12.3 Å². The van der Waals surface area contributed by atoms with Crippen molar-refractivity contribution in [3.8, 4) is 0 Å². The lowest BCUT2D eigenvalue weighted by Gasteiger charge is -2.07. The number of rotatable bonds is 4. The SMILES string of the molecule is Nc1cnccc1SCC(=O)Nc1ncc(Cl)cc1Cl. The number of carbonyl (C=O) groups is 1. The lowest BCUT2D eigenvalue weighted by molar-refractivity contribution is -0.113. The molecule has 0 aliphatic heterocycles. The molecule has 0 radical (unpaired) electrons. The number of anilines is 2. The van der Waals surface area contributed by atoms with Crippen LogP contribution in [0.25, 0.3) is 0 Å². The summed E-state index contributed by atoms with van der Waals surface area (Å²) in [4.78, 5) is 20.4. The van der Waals surface area contributed by atoms with Crippen molar-refractivity contribution in [3.05, 3.63) is 40.8 Å². The number of nitrogens with one attached hydrogen (secondary N) is 1. The highest BCUT2D eigenvalue weighted by Crippen LogP contribution is 2.25. The molecule has 0 spiro atoms. The Kier molecular flexibility index (Phi) is 5.05. The van der Waals surface area contributed by atoms with Gasteiger partial charge < -0.3 is 11.1 Å². The van der Waals surface area contributed by atoms with E-state index in [9.17, 15) is 4.79 Å². The number of nitrogens with zero attached hydrogens (tertiary/aromatic N) is 2. The minimum atomic E-state index is -0.233. The monoisotopic (exact) mass is 328 g/mol. The van der Waals surface area contributed by atoms with E-state index in [1.165, 1.54) is 30.2 Å². The molecular weight excluding hydrogens is 319 g/mol. The van der Waals surface area contributed by atoms with E-state index < -0.39 is 0 Å². The molecule has 0 atom stereocenters. The van der Waals surface area contributed by atoms with E-state index in [2.05, 4.69) is 15.3 Å². The molecule has 0 aliphatic carbocycles. The molecule has 5 nitrogen and oxygen atoms in total. The molecule has 0 saturated carbocycles. The zero-order valence-corrected chi connectivity index (χ0v) is 12.5. The normalized spacial score (nSPS) is 10.3. The van der Waals surface area contributed by atoms with Crippen molar-refractivity contribution in [2.24, 2.45) is 0 Å². The van der Waals surface area contributed by atoms with Gasteiger partial charge in [-0.1, -0.05) is 23.2 Å². The maximum absolute atomic E-state index is 11.8. The molecule has 0 aliphatic rings. The number of hydrogen-bond acceptors (Lipinski definition) is 5. The highest BCUT2D eigenvalue weighted by atomic mass is 35.5. The molecule has 0 unspecified atom stereocenters. The molecule has 1 amide bonds. The highest BCUT2D eigenvalue weighted by Gasteiger charge is 2.09. The Hall–Kier alpha value is -1.50. The number of carbonyl (C=O) groups excluding carboxylic acids is 1. The van der Waals surface area contributed by atoms with Crippen LogP contribution in [0.3, 0.4) is 0 Å². The fraction of sp³-hybridized carbons (Fsp3) is 0.0833. The van der Waals surface area contributed by atoms with Crippen molar-refractivity contribution >= 4 is 52.4 Å². The Morgan fingerprint density at radius 2 is 2.20 bits per heavy atom. The number of nitrogens with two attached hydrogens (primary N) is 1. The second-order valence-corrected chi connectivity index (χ2v) is 5.60. The largest absolute Gasteiger partial charge is 0.397 e. The number of halogens is 2. The predicted molar refractivity (Wildman–Crippen MR) is 82.3 cm³/mol. The Morgan fingerprint density at radius 1 is 1.40 bits per heavy atom.